The van der Waals surface area contributed by atoms with Gasteiger partial charge in [0.2, 0.25) is 0 Å². The zero-order chi connectivity index (χ0) is 26.0. The number of Topliss-reactive ketones (excluding diaryl/α,β-unsaturated/α-hetero) is 1. The zero-order valence-corrected chi connectivity index (χ0v) is 20.6. The molecule has 0 spiro atoms. The molecule has 5 rings (SSSR count). The van der Waals surface area contributed by atoms with E-state index in [1.165, 1.54) is 12.1 Å². The van der Waals surface area contributed by atoms with Crippen LogP contribution in [0.5, 0.6) is 0 Å². The number of hydrogen-bond donors (Lipinski definition) is 2. The predicted octanol–water partition coefficient (Wildman–Crippen LogP) is 4.62. The van der Waals surface area contributed by atoms with E-state index in [9.17, 15) is 17.6 Å². The van der Waals surface area contributed by atoms with Crippen LogP contribution in [0.15, 0.2) is 83.9 Å². The normalized spacial score (nSPS) is 11.5. The molecular weight excluding hydrogens is 493 g/mol. The third-order valence-electron chi connectivity index (χ3n) is 5.76. The number of halogens is 1. The Hall–Kier alpha value is -4.44. The average Bonchev–Trinajstić information content (AvgIpc) is 3.28. The monoisotopic (exact) mass is 515 g/mol. The van der Waals surface area contributed by atoms with Gasteiger partial charge in [0.15, 0.2) is 5.65 Å². The molecule has 186 valence electrons. The second-order valence-electron chi connectivity index (χ2n) is 8.62. The first-order valence-electron chi connectivity index (χ1n) is 11.4. The van der Waals surface area contributed by atoms with Gasteiger partial charge in [0.25, 0.3) is 10.0 Å². The van der Waals surface area contributed by atoms with Gasteiger partial charge in [0, 0.05) is 17.7 Å². The number of carbonyl (C=O) groups excluding carboxylic acids is 1. The maximum atomic E-state index is 14.1. The molecule has 10 heteroatoms. The summed E-state index contributed by atoms with van der Waals surface area (Å²) in [5, 5.41) is 7.07. The van der Waals surface area contributed by atoms with Crippen molar-refractivity contribution in [1.82, 2.24) is 20.2 Å². The number of aryl methyl sites for hydroxylation is 1. The molecule has 2 heterocycles. The molecule has 0 aliphatic heterocycles. The number of H-pyrrole nitrogens is 1. The molecule has 2 N–H and O–H groups in total. The third kappa shape index (κ3) is 5.39. The van der Waals surface area contributed by atoms with E-state index < -0.39 is 20.7 Å². The fourth-order valence-corrected chi connectivity index (χ4v) is 5.15. The lowest BCUT2D eigenvalue weighted by molar-refractivity contribution is -0.117. The Kier molecular flexibility index (Phi) is 6.49. The Morgan fingerprint density at radius 1 is 1.00 bits per heavy atom. The average molecular weight is 516 g/mol. The Balaban J connectivity index is 1.31. The SMILES string of the molecule is Cc1ccc(F)c(S(=O)(=O)Nc2ccc(-c3cnc4c(CC(=O)Cc5ccccc5)[nH]nc4n3)cc2)c1. The number of fused-ring (bicyclic) bond motifs is 1. The van der Waals surface area contributed by atoms with E-state index in [0.29, 0.717) is 40.1 Å². The third-order valence-corrected chi connectivity index (χ3v) is 7.16. The van der Waals surface area contributed by atoms with E-state index in [4.69, 9.17) is 0 Å². The van der Waals surface area contributed by atoms with Crippen LogP contribution >= 0.6 is 0 Å². The fourth-order valence-electron chi connectivity index (χ4n) is 3.92. The van der Waals surface area contributed by atoms with Crippen LogP contribution in [0.1, 0.15) is 16.8 Å². The van der Waals surface area contributed by atoms with Crippen LogP contribution in [0.25, 0.3) is 22.4 Å². The summed E-state index contributed by atoms with van der Waals surface area (Å²) >= 11 is 0. The number of carbonyl (C=O) groups is 1. The van der Waals surface area contributed by atoms with Crippen molar-refractivity contribution in [2.45, 2.75) is 24.7 Å². The summed E-state index contributed by atoms with van der Waals surface area (Å²) in [4.78, 5) is 21.1. The van der Waals surface area contributed by atoms with Crippen molar-refractivity contribution >= 4 is 32.7 Å². The van der Waals surface area contributed by atoms with E-state index in [0.717, 1.165) is 11.6 Å². The first-order chi connectivity index (χ1) is 17.8. The Bertz CT molecular complexity index is 1700. The summed E-state index contributed by atoms with van der Waals surface area (Å²) in [6, 6.07) is 19.9. The molecular formula is C27H22FN5O3S. The van der Waals surface area contributed by atoms with Gasteiger partial charge in [-0.2, -0.15) is 5.10 Å². The van der Waals surface area contributed by atoms with Crippen LogP contribution in [-0.2, 0) is 27.7 Å². The first kappa shape index (κ1) is 24.3. The minimum atomic E-state index is -4.09. The van der Waals surface area contributed by atoms with Crippen LogP contribution < -0.4 is 4.72 Å². The Morgan fingerprint density at radius 2 is 1.76 bits per heavy atom. The molecule has 0 radical (unpaired) electrons. The van der Waals surface area contributed by atoms with Crippen molar-refractivity contribution in [3.05, 3.63) is 102 Å². The summed E-state index contributed by atoms with van der Waals surface area (Å²) in [6.07, 6.45) is 2.06. The number of benzene rings is 3. The van der Waals surface area contributed by atoms with Crippen LogP contribution in [-0.4, -0.2) is 34.4 Å². The number of aromatic nitrogens is 4. The van der Waals surface area contributed by atoms with Gasteiger partial charge in [-0.05, 0) is 42.3 Å². The smallest absolute Gasteiger partial charge is 0.264 e. The number of nitrogens with zero attached hydrogens (tertiary/aromatic N) is 3. The molecule has 3 aromatic carbocycles. The second kappa shape index (κ2) is 9.90. The number of anilines is 1. The molecule has 0 aliphatic carbocycles. The van der Waals surface area contributed by atoms with Crippen molar-refractivity contribution in [1.29, 1.82) is 0 Å². The van der Waals surface area contributed by atoms with E-state index in [-0.39, 0.29) is 17.9 Å². The number of hydrogen-bond acceptors (Lipinski definition) is 6. The van der Waals surface area contributed by atoms with E-state index in [2.05, 4.69) is 24.9 Å². The van der Waals surface area contributed by atoms with Gasteiger partial charge in [-0.1, -0.05) is 48.5 Å². The molecule has 0 atom stereocenters. The molecule has 8 nitrogen and oxygen atoms in total. The Morgan fingerprint density at radius 3 is 2.51 bits per heavy atom. The minimum Gasteiger partial charge on any atom is -0.299 e. The highest BCUT2D eigenvalue weighted by Crippen LogP contribution is 2.24. The number of rotatable bonds is 8. The van der Waals surface area contributed by atoms with Gasteiger partial charge in [-0.3, -0.25) is 14.6 Å². The summed E-state index contributed by atoms with van der Waals surface area (Å²) in [5.41, 5.74) is 4.56. The number of aromatic amines is 1. The summed E-state index contributed by atoms with van der Waals surface area (Å²) in [5.74, 6) is -0.787. The van der Waals surface area contributed by atoms with Crippen LogP contribution in [0.4, 0.5) is 10.1 Å². The maximum absolute atomic E-state index is 14.1. The van der Waals surface area contributed by atoms with Crippen LogP contribution in [0.2, 0.25) is 0 Å². The van der Waals surface area contributed by atoms with E-state index >= 15 is 0 Å². The molecule has 0 fully saturated rings. The van der Waals surface area contributed by atoms with Crippen LogP contribution in [0.3, 0.4) is 0 Å². The van der Waals surface area contributed by atoms with Crippen molar-refractivity contribution < 1.29 is 17.6 Å². The topological polar surface area (TPSA) is 118 Å². The van der Waals surface area contributed by atoms with Gasteiger partial charge in [-0.15, -0.1) is 0 Å². The van der Waals surface area contributed by atoms with Crippen molar-refractivity contribution in [3.63, 3.8) is 0 Å². The van der Waals surface area contributed by atoms with Crippen molar-refractivity contribution in [2.24, 2.45) is 0 Å². The highest BCUT2D eigenvalue weighted by Gasteiger charge is 2.20. The van der Waals surface area contributed by atoms with E-state index in [1.807, 2.05) is 30.3 Å². The van der Waals surface area contributed by atoms with Crippen molar-refractivity contribution in [3.8, 4) is 11.3 Å². The predicted molar refractivity (Wildman–Crippen MR) is 138 cm³/mol. The van der Waals surface area contributed by atoms with Gasteiger partial charge in [0.1, 0.15) is 22.0 Å². The first-order valence-corrected chi connectivity index (χ1v) is 12.9. The lowest BCUT2D eigenvalue weighted by Crippen LogP contribution is -2.14. The minimum absolute atomic E-state index is 0.0335. The van der Waals surface area contributed by atoms with E-state index in [1.54, 1.807) is 37.4 Å². The highest BCUT2D eigenvalue weighted by molar-refractivity contribution is 7.92. The second-order valence-corrected chi connectivity index (χ2v) is 10.3. The Labute approximate surface area is 212 Å². The molecule has 2 aromatic heterocycles. The number of nitrogens with one attached hydrogen (secondary N) is 2. The number of sulfonamides is 1. The van der Waals surface area contributed by atoms with Gasteiger partial charge in [0.05, 0.1) is 24.0 Å². The largest absolute Gasteiger partial charge is 0.299 e. The summed E-state index contributed by atoms with van der Waals surface area (Å²) < 4.78 is 41.8. The standard InChI is InChI=1S/C27H22FN5O3S/c1-17-7-12-22(28)25(13-17)37(35,36)33-20-10-8-19(9-11-20)24-16-29-26-23(31-32-27(26)30-24)15-21(34)14-18-5-3-2-4-6-18/h2-13,16,33H,14-15H2,1H3,(H,30,31,32). The van der Waals surface area contributed by atoms with Crippen LogP contribution in [0, 0.1) is 12.7 Å². The molecule has 0 saturated carbocycles. The lowest BCUT2D eigenvalue weighted by atomic mass is 10.1. The lowest BCUT2D eigenvalue weighted by Gasteiger charge is -2.10. The van der Waals surface area contributed by atoms with Gasteiger partial charge < -0.3 is 0 Å². The summed E-state index contributed by atoms with van der Waals surface area (Å²) in [6.45, 7) is 1.69. The zero-order valence-electron chi connectivity index (χ0n) is 19.8. The van der Waals surface area contributed by atoms with Gasteiger partial charge >= 0.3 is 0 Å². The van der Waals surface area contributed by atoms with Gasteiger partial charge in [-0.25, -0.2) is 22.8 Å². The molecule has 0 saturated heterocycles. The molecule has 0 unspecified atom stereocenters. The molecule has 5 aromatic rings. The molecule has 0 amide bonds. The molecule has 37 heavy (non-hydrogen) atoms. The van der Waals surface area contributed by atoms with Crippen molar-refractivity contribution in [2.75, 3.05) is 4.72 Å². The maximum Gasteiger partial charge on any atom is 0.264 e. The highest BCUT2D eigenvalue weighted by atomic mass is 32.2. The summed E-state index contributed by atoms with van der Waals surface area (Å²) in [7, 11) is -4.09. The quantitative estimate of drug-likeness (QED) is 0.311. The fraction of sp³-hybridized carbons (Fsp3) is 0.111. The molecule has 0 bridgehead atoms. The number of ketones is 1. The molecule has 0 aliphatic rings.